The molecule has 0 atom stereocenters. The number of ether oxygens (including phenoxy) is 1. The van der Waals surface area contributed by atoms with E-state index >= 15 is 0 Å². The first-order valence-corrected chi connectivity index (χ1v) is 10.7. The van der Waals surface area contributed by atoms with Gasteiger partial charge >= 0.3 is 5.97 Å². The van der Waals surface area contributed by atoms with E-state index in [1.165, 1.54) is 23.5 Å². The summed E-state index contributed by atoms with van der Waals surface area (Å²) in [5.41, 5.74) is 1.59. The van der Waals surface area contributed by atoms with Crippen molar-refractivity contribution in [1.82, 2.24) is 9.88 Å². The van der Waals surface area contributed by atoms with Gasteiger partial charge in [0, 0.05) is 17.0 Å². The third-order valence-electron chi connectivity index (χ3n) is 4.92. The summed E-state index contributed by atoms with van der Waals surface area (Å²) in [6.07, 6.45) is 0. The number of rotatable bonds is 7. The average molecular weight is 480 g/mol. The fourth-order valence-corrected chi connectivity index (χ4v) is 4.01. The number of carbonyl (C=O) groups is 4. The predicted molar refractivity (Wildman–Crippen MR) is 120 cm³/mol. The Hall–Kier alpha value is -4.45. The molecule has 4 rings (SSSR count). The number of aromatic nitrogens is 1. The van der Waals surface area contributed by atoms with Gasteiger partial charge in [-0.3, -0.25) is 39.5 Å². The van der Waals surface area contributed by atoms with Gasteiger partial charge in [0.15, 0.2) is 11.7 Å². The zero-order valence-electron chi connectivity index (χ0n) is 17.6. The van der Waals surface area contributed by atoms with Crippen molar-refractivity contribution in [2.45, 2.75) is 6.92 Å². The maximum absolute atomic E-state index is 12.5. The number of thiazole rings is 1. The topological polar surface area (TPSA) is 149 Å². The predicted octanol–water partition coefficient (Wildman–Crippen LogP) is 2.80. The lowest BCUT2D eigenvalue weighted by Crippen LogP contribution is -2.36. The van der Waals surface area contributed by atoms with E-state index in [1.807, 2.05) is 31.2 Å². The maximum atomic E-state index is 12.5. The maximum Gasteiger partial charge on any atom is 0.326 e. The van der Waals surface area contributed by atoms with Gasteiger partial charge in [-0.05, 0) is 13.0 Å². The molecule has 34 heavy (non-hydrogen) atoms. The molecule has 0 aliphatic carbocycles. The summed E-state index contributed by atoms with van der Waals surface area (Å²) in [6, 6.07) is 11.3. The Bertz CT molecular complexity index is 1330. The second-order valence-electron chi connectivity index (χ2n) is 7.27. The number of nitro groups is 1. The highest BCUT2D eigenvalue weighted by Crippen LogP contribution is 2.30. The van der Waals surface area contributed by atoms with Gasteiger partial charge in [0.05, 0.1) is 16.2 Å². The molecule has 172 valence electrons. The average Bonchev–Trinajstić information content (AvgIpc) is 3.37. The molecule has 0 saturated heterocycles. The number of nitrogens with one attached hydrogen (secondary N) is 1. The van der Waals surface area contributed by atoms with Crippen molar-refractivity contribution in [3.8, 4) is 11.3 Å². The van der Waals surface area contributed by atoms with Crippen LogP contribution in [0, 0.1) is 17.0 Å². The number of hydrogen-bond donors (Lipinski definition) is 1. The molecule has 0 radical (unpaired) electrons. The molecule has 0 fully saturated rings. The molecule has 0 unspecified atom stereocenters. The van der Waals surface area contributed by atoms with E-state index in [0.29, 0.717) is 15.7 Å². The van der Waals surface area contributed by atoms with Crippen LogP contribution in [-0.2, 0) is 14.3 Å². The Morgan fingerprint density at radius 1 is 1.15 bits per heavy atom. The van der Waals surface area contributed by atoms with Gasteiger partial charge in [0.2, 0.25) is 0 Å². The summed E-state index contributed by atoms with van der Waals surface area (Å²) >= 11 is 1.20. The number of benzene rings is 2. The zero-order valence-corrected chi connectivity index (χ0v) is 18.5. The molecule has 12 heteroatoms. The number of esters is 1. The molecule has 2 heterocycles. The van der Waals surface area contributed by atoms with Gasteiger partial charge < -0.3 is 4.74 Å². The number of aryl methyl sites for hydroxylation is 1. The van der Waals surface area contributed by atoms with Crippen molar-refractivity contribution < 1.29 is 28.8 Å². The third kappa shape index (κ3) is 4.52. The summed E-state index contributed by atoms with van der Waals surface area (Å²) in [5, 5.41) is 15.7. The van der Waals surface area contributed by atoms with Crippen LogP contribution in [0.25, 0.3) is 11.3 Å². The number of amides is 3. The van der Waals surface area contributed by atoms with E-state index in [9.17, 15) is 29.3 Å². The summed E-state index contributed by atoms with van der Waals surface area (Å²) < 4.78 is 4.86. The summed E-state index contributed by atoms with van der Waals surface area (Å²) in [5.74, 6) is -3.50. The van der Waals surface area contributed by atoms with E-state index in [1.54, 1.807) is 5.38 Å². The largest absolute Gasteiger partial charge is 0.454 e. The minimum Gasteiger partial charge on any atom is -0.454 e. The highest BCUT2D eigenvalue weighted by atomic mass is 32.1. The smallest absolute Gasteiger partial charge is 0.326 e. The number of hydrogen-bond acceptors (Lipinski definition) is 9. The molecule has 1 aliphatic heterocycles. The van der Waals surface area contributed by atoms with Crippen LogP contribution in [0.4, 0.5) is 10.8 Å². The van der Waals surface area contributed by atoms with Crippen LogP contribution in [0.1, 0.15) is 26.3 Å². The highest BCUT2D eigenvalue weighted by molar-refractivity contribution is 7.14. The molecule has 3 amide bonds. The van der Waals surface area contributed by atoms with Crippen LogP contribution in [0.2, 0.25) is 0 Å². The standard InChI is InChI=1S/C22H16N4O7S/c1-12-5-7-13(8-6-12)15-11-34-22(23-15)24-17(27)10-33-18(28)9-25-20(29)14-3-2-4-16(26(31)32)19(14)21(25)30/h2-8,11H,9-10H2,1H3,(H,23,24,27). The lowest BCUT2D eigenvalue weighted by Gasteiger charge is -2.12. The molecule has 1 aromatic heterocycles. The fourth-order valence-electron chi connectivity index (χ4n) is 3.28. The monoisotopic (exact) mass is 480 g/mol. The minimum absolute atomic E-state index is 0.169. The van der Waals surface area contributed by atoms with Crippen LogP contribution >= 0.6 is 11.3 Å². The van der Waals surface area contributed by atoms with Gasteiger partial charge in [-0.1, -0.05) is 35.9 Å². The lowest BCUT2D eigenvalue weighted by molar-refractivity contribution is -0.385. The van der Waals surface area contributed by atoms with Crippen molar-refractivity contribution in [3.63, 3.8) is 0 Å². The SMILES string of the molecule is Cc1ccc(-c2csc(NC(=O)COC(=O)CN3C(=O)c4cccc([N+](=O)[O-])c4C3=O)n2)cc1. The number of carbonyl (C=O) groups excluding carboxylic acids is 4. The van der Waals surface area contributed by atoms with E-state index in [-0.39, 0.29) is 11.1 Å². The second-order valence-corrected chi connectivity index (χ2v) is 8.12. The lowest BCUT2D eigenvalue weighted by atomic mass is 10.1. The molecular formula is C22H16N4O7S. The van der Waals surface area contributed by atoms with Gasteiger partial charge in [-0.15, -0.1) is 11.3 Å². The second kappa shape index (κ2) is 9.19. The summed E-state index contributed by atoms with van der Waals surface area (Å²) in [4.78, 5) is 64.4. The van der Waals surface area contributed by atoms with Crippen molar-refractivity contribution in [2.75, 3.05) is 18.5 Å². The van der Waals surface area contributed by atoms with Crippen LogP contribution in [0.15, 0.2) is 47.8 Å². The number of fused-ring (bicyclic) bond motifs is 1. The molecule has 11 nitrogen and oxygen atoms in total. The van der Waals surface area contributed by atoms with Crippen molar-refractivity contribution in [1.29, 1.82) is 0 Å². The molecule has 2 aromatic carbocycles. The molecule has 0 bridgehead atoms. The minimum atomic E-state index is -1.02. The molecule has 1 N–H and O–H groups in total. The Morgan fingerprint density at radius 3 is 2.59 bits per heavy atom. The van der Waals surface area contributed by atoms with Crippen molar-refractivity contribution >= 4 is 45.8 Å². The van der Waals surface area contributed by atoms with Gasteiger partial charge in [0.1, 0.15) is 12.1 Å². The fraction of sp³-hybridized carbons (Fsp3) is 0.136. The Morgan fingerprint density at radius 2 is 1.88 bits per heavy atom. The molecule has 3 aromatic rings. The molecule has 1 aliphatic rings. The molecular weight excluding hydrogens is 464 g/mol. The summed E-state index contributed by atoms with van der Waals surface area (Å²) in [7, 11) is 0. The van der Waals surface area contributed by atoms with E-state index in [2.05, 4.69) is 10.3 Å². The van der Waals surface area contributed by atoms with Gasteiger partial charge in [0.25, 0.3) is 23.4 Å². The van der Waals surface area contributed by atoms with E-state index in [0.717, 1.165) is 17.2 Å². The van der Waals surface area contributed by atoms with Gasteiger partial charge in [-0.25, -0.2) is 4.98 Å². The van der Waals surface area contributed by atoms with Crippen LogP contribution in [-0.4, -0.2) is 51.6 Å². The first-order chi connectivity index (χ1) is 16.2. The Kier molecular flexibility index (Phi) is 6.15. The molecule has 0 spiro atoms. The summed E-state index contributed by atoms with van der Waals surface area (Å²) in [6.45, 7) is 0.517. The van der Waals surface area contributed by atoms with Gasteiger partial charge in [-0.2, -0.15) is 0 Å². The quantitative estimate of drug-likeness (QED) is 0.235. The zero-order chi connectivity index (χ0) is 24.4. The van der Waals surface area contributed by atoms with Crippen molar-refractivity contribution in [3.05, 3.63) is 74.6 Å². The van der Waals surface area contributed by atoms with Crippen LogP contribution in [0.3, 0.4) is 0 Å². The van der Waals surface area contributed by atoms with E-state index < -0.39 is 47.5 Å². The van der Waals surface area contributed by atoms with Crippen molar-refractivity contribution in [2.24, 2.45) is 0 Å². The Balaban J connectivity index is 1.32. The van der Waals surface area contributed by atoms with Crippen LogP contribution < -0.4 is 5.32 Å². The normalized spacial score (nSPS) is 12.4. The third-order valence-corrected chi connectivity index (χ3v) is 5.68. The van der Waals surface area contributed by atoms with E-state index in [4.69, 9.17) is 4.74 Å². The number of imide groups is 1. The first-order valence-electron chi connectivity index (χ1n) is 9.86. The number of nitro benzene ring substituents is 1. The number of nitrogens with zero attached hydrogens (tertiary/aromatic N) is 3. The highest BCUT2D eigenvalue weighted by Gasteiger charge is 2.41. The van der Waals surface area contributed by atoms with Crippen LogP contribution in [0.5, 0.6) is 0 Å². The number of anilines is 1. The Labute approximate surface area is 196 Å². The first kappa shape index (κ1) is 22.7. The molecule has 0 saturated carbocycles.